The first kappa shape index (κ1) is 56.8. The highest BCUT2D eigenvalue weighted by Gasteiger charge is 2.48. The summed E-state index contributed by atoms with van der Waals surface area (Å²) in [5.74, 6) is -2.22. The molecule has 17 heteroatoms. The van der Waals surface area contributed by atoms with Gasteiger partial charge in [-0.25, -0.2) is 4.79 Å². The third kappa shape index (κ3) is 18.9. The fourth-order valence-electron chi connectivity index (χ4n) is 7.46. The summed E-state index contributed by atoms with van der Waals surface area (Å²) in [5.41, 5.74) is 1.59. The van der Waals surface area contributed by atoms with Crippen molar-refractivity contribution in [1.29, 1.82) is 0 Å². The Morgan fingerprint density at radius 2 is 1.60 bits per heavy atom. The number of hydrogen-bond acceptors (Lipinski definition) is 14. The Morgan fingerprint density at radius 3 is 2.25 bits per heavy atom. The molecule has 0 spiro atoms. The van der Waals surface area contributed by atoms with E-state index in [2.05, 4.69) is 78.5 Å². The van der Waals surface area contributed by atoms with Gasteiger partial charge in [-0.05, 0) is 95.8 Å². The highest BCUT2D eigenvalue weighted by Crippen LogP contribution is 2.45. The average Bonchev–Trinajstić information content (AvgIpc) is 4.07. The normalized spacial score (nSPS) is 23.5. The number of rotatable bonds is 23. The van der Waals surface area contributed by atoms with Gasteiger partial charge in [0.2, 0.25) is 11.8 Å². The first-order valence-electron chi connectivity index (χ1n) is 23.7. The van der Waals surface area contributed by atoms with Gasteiger partial charge in [-0.15, -0.1) is 0 Å². The number of methoxy groups -OCH3 is 1. The van der Waals surface area contributed by atoms with E-state index in [1.165, 1.54) is 13.2 Å². The van der Waals surface area contributed by atoms with E-state index in [1.807, 2.05) is 34.7 Å². The average molecular weight is 990 g/mol. The number of epoxide rings is 1. The Hall–Kier alpha value is -3.74. The van der Waals surface area contributed by atoms with Crippen LogP contribution in [0.1, 0.15) is 97.9 Å². The summed E-state index contributed by atoms with van der Waals surface area (Å²) in [5, 5.41) is 9.34. The second-order valence-electron chi connectivity index (χ2n) is 19.6. The zero-order chi connectivity index (χ0) is 50.2. The van der Waals surface area contributed by atoms with E-state index in [9.17, 15) is 19.2 Å². The molecule has 0 unspecified atom stereocenters. The smallest absolute Gasteiger partial charge is 0.347 e. The molecular weight excluding hydrogens is 912 g/mol. The van der Waals surface area contributed by atoms with Crippen molar-refractivity contribution < 1.29 is 52.3 Å². The second kappa shape index (κ2) is 27.0. The van der Waals surface area contributed by atoms with Gasteiger partial charge in [-0.1, -0.05) is 68.8 Å². The predicted octanol–water partition coefficient (Wildman–Crippen LogP) is 6.64. The van der Waals surface area contributed by atoms with Gasteiger partial charge in [-0.3, -0.25) is 24.6 Å². The molecule has 0 saturated carbocycles. The number of benzene rings is 2. The van der Waals surface area contributed by atoms with Crippen LogP contribution in [0, 0.1) is 17.3 Å². The van der Waals surface area contributed by atoms with Gasteiger partial charge in [0.1, 0.15) is 30.2 Å². The SMILES string of the molecule is COc1ccc(C[C@H]2NC(=O)/C=C/C[C@@H]([C@H](C)[C@H]3O[C@@H]3c3ccc(CN(C)CCOCCOCCO[C@H](C)N[C@H](C)C(C)(C)S)cc3)OC(=O)[C@H](CC(C)C)OC(=O)C(C)(C)CNC2=O)cc1Cl. The van der Waals surface area contributed by atoms with Gasteiger partial charge in [-0.2, -0.15) is 12.6 Å². The molecule has 1 saturated heterocycles. The first-order chi connectivity index (χ1) is 32.1. The number of esters is 2. The van der Waals surface area contributed by atoms with E-state index in [-0.39, 0.29) is 66.9 Å². The molecule has 2 aliphatic rings. The lowest BCUT2D eigenvalue weighted by Crippen LogP contribution is -2.51. The molecule has 380 valence electrons. The number of nitrogens with one attached hydrogen (secondary N) is 3. The van der Waals surface area contributed by atoms with E-state index in [0.717, 1.165) is 24.2 Å². The van der Waals surface area contributed by atoms with Gasteiger partial charge in [0.15, 0.2) is 6.10 Å². The molecule has 2 aliphatic heterocycles. The molecule has 1 fully saturated rings. The van der Waals surface area contributed by atoms with Crippen molar-refractivity contribution in [3.05, 3.63) is 76.3 Å². The summed E-state index contributed by atoms with van der Waals surface area (Å²) in [4.78, 5) is 56.7. The van der Waals surface area contributed by atoms with Gasteiger partial charge >= 0.3 is 11.9 Å². The van der Waals surface area contributed by atoms with Crippen LogP contribution in [-0.2, 0) is 60.6 Å². The minimum absolute atomic E-state index is 0.00702. The van der Waals surface area contributed by atoms with Crippen LogP contribution in [0.2, 0.25) is 5.02 Å². The molecule has 8 atom stereocenters. The van der Waals surface area contributed by atoms with Gasteiger partial charge < -0.3 is 43.8 Å². The quantitative estimate of drug-likeness (QED) is 0.0307. The minimum atomic E-state index is -1.23. The summed E-state index contributed by atoms with van der Waals surface area (Å²) in [7, 11) is 3.56. The predicted molar refractivity (Wildman–Crippen MR) is 266 cm³/mol. The van der Waals surface area contributed by atoms with Crippen LogP contribution in [-0.4, -0.2) is 130 Å². The molecule has 2 heterocycles. The third-order valence-corrected chi connectivity index (χ3v) is 12.9. The fourth-order valence-corrected chi connectivity index (χ4v) is 7.81. The van der Waals surface area contributed by atoms with E-state index in [1.54, 1.807) is 38.1 Å². The number of cyclic esters (lactones) is 2. The first-order valence-corrected chi connectivity index (χ1v) is 24.6. The van der Waals surface area contributed by atoms with Gasteiger partial charge in [0.05, 0.1) is 56.7 Å². The van der Waals surface area contributed by atoms with Crippen LogP contribution in [0.25, 0.3) is 0 Å². The Labute approximate surface area is 414 Å². The number of hydrogen-bond donors (Lipinski definition) is 4. The number of carbonyl (C=O) groups is 4. The topological polar surface area (TPSA) is 176 Å². The number of amides is 2. The maximum atomic E-state index is 13.9. The summed E-state index contributed by atoms with van der Waals surface area (Å²) in [6.45, 7) is 21.2. The minimum Gasteiger partial charge on any atom is -0.495 e. The lowest BCUT2D eigenvalue weighted by atomic mass is 9.92. The van der Waals surface area contributed by atoms with Crippen LogP contribution in [0.4, 0.5) is 0 Å². The molecule has 68 heavy (non-hydrogen) atoms. The molecular formula is C51H77ClN4O11S. The molecule has 0 bridgehead atoms. The second-order valence-corrected chi connectivity index (χ2v) is 21.2. The maximum Gasteiger partial charge on any atom is 0.347 e. The van der Waals surface area contributed by atoms with Gasteiger partial charge in [0, 0.05) is 49.2 Å². The maximum absolute atomic E-state index is 13.9. The number of likely N-dealkylation sites (N-methyl/N-ethyl adjacent to an activating group) is 1. The number of carbonyl (C=O) groups excluding carboxylic acids is 4. The van der Waals surface area contributed by atoms with Crippen LogP contribution >= 0.6 is 24.2 Å². The summed E-state index contributed by atoms with van der Waals surface area (Å²) < 4.78 is 40.7. The summed E-state index contributed by atoms with van der Waals surface area (Å²) >= 11 is 11.0. The molecule has 2 aromatic carbocycles. The highest BCUT2D eigenvalue weighted by atomic mass is 35.5. The van der Waals surface area contributed by atoms with Gasteiger partial charge in [0.25, 0.3) is 0 Å². The summed E-state index contributed by atoms with van der Waals surface area (Å²) in [6, 6.07) is 12.6. The highest BCUT2D eigenvalue weighted by molar-refractivity contribution is 7.81. The molecule has 0 aromatic heterocycles. The standard InChI is InChI=1S/C51H77ClN4O11S/c1-32(2)27-43-48(59)65-41(13-12-14-44(57)55-40(29-37-17-20-42(61-11)39(52)28-37)47(58)53-31-50(6,7)49(60)66-43)33(3)45-46(67-45)38-18-15-36(16-19-38)30-56(10)21-22-62-23-24-63-25-26-64-35(5)54-34(4)51(8,9)68/h12,14-20,28,32-35,40-41,43,45-46,54,68H,13,21-27,29-31H2,1-11H3,(H,53,58)(H,55,57)/b14-12+/t33-,34+,35+,40+,41-,43-,45+,46+/m0/s1. The monoisotopic (exact) mass is 988 g/mol. The molecule has 3 N–H and O–H groups in total. The number of nitrogens with zero attached hydrogens (tertiary/aromatic N) is 1. The largest absolute Gasteiger partial charge is 0.495 e. The van der Waals surface area contributed by atoms with Crippen molar-refractivity contribution in [2.24, 2.45) is 17.3 Å². The van der Waals surface area contributed by atoms with Crippen LogP contribution in [0.3, 0.4) is 0 Å². The van der Waals surface area contributed by atoms with Crippen molar-refractivity contribution in [3.63, 3.8) is 0 Å². The zero-order valence-electron chi connectivity index (χ0n) is 41.9. The van der Waals surface area contributed by atoms with E-state index < -0.39 is 47.4 Å². The van der Waals surface area contributed by atoms with Crippen molar-refractivity contribution in [3.8, 4) is 5.75 Å². The number of ether oxygens (including phenoxy) is 7. The van der Waals surface area contributed by atoms with Crippen LogP contribution in [0.15, 0.2) is 54.6 Å². The Bertz CT molecular complexity index is 1960. The van der Waals surface area contributed by atoms with Crippen molar-refractivity contribution >= 4 is 48.0 Å². The Balaban J connectivity index is 1.33. The molecule has 15 nitrogen and oxygen atoms in total. The molecule has 2 amide bonds. The van der Waals surface area contributed by atoms with E-state index >= 15 is 0 Å². The molecule has 2 aromatic rings. The van der Waals surface area contributed by atoms with Crippen molar-refractivity contribution in [1.82, 2.24) is 20.9 Å². The van der Waals surface area contributed by atoms with Crippen LogP contribution < -0.4 is 20.7 Å². The van der Waals surface area contributed by atoms with E-state index in [4.69, 9.17) is 44.8 Å². The van der Waals surface area contributed by atoms with Crippen LogP contribution in [0.5, 0.6) is 5.75 Å². The van der Waals surface area contributed by atoms with Crippen molar-refractivity contribution in [2.75, 3.05) is 60.3 Å². The Kier molecular flexibility index (Phi) is 22.6. The number of halogens is 1. The third-order valence-electron chi connectivity index (χ3n) is 12.2. The molecule has 0 radical (unpaired) electrons. The lowest BCUT2D eigenvalue weighted by molar-refractivity contribution is -0.179. The molecule has 0 aliphatic carbocycles. The van der Waals surface area contributed by atoms with E-state index in [0.29, 0.717) is 49.4 Å². The zero-order valence-corrected chi connectivity index (χ0v) is 43.6. The Morgan fingerprint density at radius 1 is 0.941 bits per heavy atom. The van der Waals surface area contributed by atoms with Crippen molar-refractivity contribution in [2.45, 2.75) is 136 Å². The summed E-state index contributed by atoms with van der Waals surface area (Å²) in [6.07, 6.45) is 0.943. The molecule has 4 rings (SSSR count). The fraction of sp³-hybridized carbons (Fsp3) is 0.647. The lowest BCUT2D eigenvalue weighted by Gasteiger charge is -2.30. The number of thiol groups is 1.